The summed E-state index contributed by atoms with van der Waals surface area (Å²) in [6.07, 6.45) is 3.23. The van der Waals surface area contributed by atoms with Gasteiger partial charge < -0.3 is 4.42 Å². The van der Waals surface area contributed by atoms with E-state index < -0.39 is 0 Å². The Morgan fingerprint density at radius 2 is 1.56 bits per heavy atom. The molecule has 1 aliphatic heterocycles. The molecular formula is C21H15NO3. The zero-order chi connectivity index (χ0) is 17.4. The topological polar surface area (TPSA) is 50.5 Å². The molecule has 0 radical (unpaired) electrons. The first kappa shape index (κ1) is 15.1. The third kappa shape index (κ3) is 2.48. The molecule has 0 N–H and O–H groups in total. The Hall–Kier alpha value is -3.40. The smallest absolute Gasteiger partial charge is 0.266 e. The molecule has 0 saturated carbocycles. The quantitative estimate of drug-likeness (QED) is 0.520. The molecule has 3 aromatic rings. The summed E-state index contributed by atoms with van der Waals surface area (Å²) in [4.78, 5) is 27.4. The van der Waals surface area contributed by atoms with Crippen LogP contribution in [0.3, 0.4) is 0 Å². The summed E-state index contributed by atoms with van der Waals surface area (Å²) in [6, 6.07) is 18.0. The van der Waals surface area contributed by atoms with Gasteiger partial charge in [-0.25, -0.2) is 4.90 Å². The van der Waals surface area contributed by atoms with Crippen LogP contribution < -0.4 is 4.90 Å². The number of nitrogens with zero attached hydrogens (tertiary/aromatic N) is 1. The second kappa shape index (κ2) is 5.91. The highest BCUT2D eigenvalue weighted by molar-refractivity contribution is 6.43. The third-order valence-corrected chi connectivity index (χ3v) is 4.27. The van der Waals surface area contributed by atoms with Crippen molar-refractivity contribution in [3.8, 4) is 0 Å². The van der Waals surface area contributed by atoms with Gasteiger partial charge in [-0.3, -0.25) is 9.59 Å². The number of furan rings is 1. The van der Waals surface area contributed by atoms with Crippen LogP contribution in [0.25, 0.3) is 11.6 Å². The number of benzene rings is 2. The lowest BCUT2D eigenvalue weighted by Gasteiger charge is -2.29. The molecule has 0 bridgehead atoms. The van der Waals surface area contributed by atoms with Gasteiger partial charge in [-0.05, 0) is 42.8 Å². The molecule has 2 heterocycles. The van der Waals surface area contributed by atoms with Crippen molar-refractivity contribution in [2.24, 2.45) is 0 Å². The molecule has 0 aliphatic carbocycles. The number of anilines is 1. The van der Waals surface area contributed by atoms with Gasteiger partial charge in [-0.2, -0.15) is 0 Å². The zero-order valence-electron chi connectivity index (χ0n) is 13.6. The van der Waals surface area contributed by atoms with Crippen molar-refractivity contribution in [2.45, 2.75) is 6.92 Å². The number of amides is 2. The summed E-state index contributed by atoms with van der Waals surface area (Å²) >= 11 is 0. The van der Waals surface area contributed by atoms with Gasteiger partial charge in [-0.1, -0.05) is 36.4 Å². The van der Waals surface area contributed by atoms with Gasteiger partial charge in [0, 0.05) is 11.1 Å². The Morgan fingerprint density at radius 1 is 0.840 bits per heavy atom. The van der Waals surface area contributed by atoms with E-state index in [2.05, 4.69) is 0 Å². The van der Waals surface area contributed by atoms with Crippen molar-refractivity contribution < 1.29 is 14.0 Å². The van der Waals surface area contributed by atoms with Gasteiger partial charge in [0.2, 0.25) is 0 Å². The van der Waals surface area contributed by atoms with Crippen LogP contribution in [0.4, 0.5) is 5.69 Å². The van der Waals surface area contributed by atoms with Crippen LogP contribution in [-0.2, 0) is 4.79 Å². The lowest BCUT2D eigenvalue weighted by atomic mass is 9.92. The number of hydrogen-bond acceptors (Lipinski definition) is 3. The molecular weight excluding hydrogens is 314 g/mol. The molecule has 2 amide bonds. The second-order valence-corrected chi connectivity index (χ2v) is 5.85. The number of carbonyl (C=O) groups is 2. The first-order chi connectivity index (χ1) is 12.2. The zero-order valence-corrected chi connectivity index (χ0v) is 13.6. The van der Waals surface area contributed by atoms with Crippen molar-refractivity contribution in [2.75, 3.05) is 4.90 Å². The Kier molecular flexibility index (Phi) is 3.58. The highest BCUT2D eigenvalue weighted by Gasteiger charge is 2.36. The molecule has 122 valence electrons. The van der Waals surface area contributed by atoms with Crippen LogP contribution in [-0.4, -0.2) is 11.8 Å². The van der Waals surface area contributed by atoms with Crippen LogP contribution >= 0.6 is 0 Å². The maximum absolute atomic E-state index is 13.2. The van der Waals surface area contributed by atoms with Crippen LogP contribution in [0, 0.1) is 6.92 Å². The molecule has 25 heavy (non-hydrogen) atoms. The standard InChI is InChI=1S/C21H15NO3/c1-14-7-2-5-11-19(14)22-20(23)17-10-4-3-9-16(17)18(21(22)24)13-15-8-6-12-25-15/h2-13H,1H3. The van der Waals surface area contributed by atoms with Crippen LogP contribution in [0.2, 0.25) is 0 Å². The van der Waals surface area contributed by atoms with Crippen LogP contribution in [0.5, 0.6) is 0 Å². The summed E-state index contributed by atoms with van der Waals surface area (Å²) in [5, 5.41) is 0. The third-order valence-electron chi connectivity index (χ3n) is 4.27. The highest BCUT2D eigenvalue weighted by Crippen LogP contribution is 2.34. The van der Waals surface area contributed by atoms with E-state index in [0.717, 1.165) is 5.56 Å². The van der Waals surface area contributed by atoms with Crippen molar-refractivity contribution >= 4 is 29.2 Å². The van der Waals surface area contributed by atoms with E-state index in [1.807, 2.05) is 31.2 Å². The fraction of sp³-hybridized carbons (Fsp3) is 0.0476. The monoisotopic (exact) mass is 329 g/mol. The predicted molar refractivity (Wildman–Crippen MR) is 96.0 cm³/mol. The molecule has 2 aromatic carbocycles. The minimum atomic E-state index is -0.352. The summed E-state index contributed by atoms with van der Waals surface area (Å²) in [7, 11) is 0. The van der Waals surface area contributed by atoms with Gasteiger partial charge in [0.1, 0.15) is 5.76 Å². The van der Waals surface area contributed by atoms with E-state index in [0.29, 0.717) is 28.1 Å². The van der Waals surface area contributed by atoms with Gasteiger partial charge in [-0.15, -0.1) is 0 Å². The maximum atomic E-state index is 13.2. The number of imide groups is 1. The highest BCUT2D eigenvalue weighted by atomic mass is 16.3. The number of carbonyl (C=O) groups excluding carboxylic acids is 2. The fourth-order valence-corrected chi connectivity index (χ4v) is 3.04. The molecule has 1 aliphatic rings. The number of hydrogen-bond donors (Lipinski definition) is 0. The Balaban J connectivity index is 1.94. The lowest BCUT2D eigenvalue weighted by molar-refractivity contribution is -0.112. The minimum absolute atomic E-state index is 0.313. The second-order valence-electron chi connectivity index (χ2n) is 5.85. The van der Waals surface area contributed by atoms with Gasteiger partial charge in [0.25, 0.3) is 11.8 Å². The molecule has 0 spiro atoms. The molecule has 0 atom stereocenters. The van der Waals surface area contributed by atoms with Gasteiger partial charge in [0.05, 0.1) is 17.5 Å². The van der Waals surface area contributed by atoms with Crippen LogP contribution in [0.1, 0.15) is 27.2 Å². The van der Waals surface area contributed by atoms with E-state index in [1.165, 1.54) is 4.90 Å². The summed E-state index contributed by atoms with van der Waals surface area (Å²) in [6.45, 7) is 1.88. The Bertz CT molecular complexity index is 999. The average Bonchev–Trinajstić information content (AvgIpc) is 3.13. The summed E-state index contributed by atoms with van der Waals surface area (Å²) in [5.41, 5.74) is 3.02. The van der Waals surface area contributed by atoms with E-state index in [9.17, 15) is 9.59 Å². The fourth-order valence-electron chi connectivity index (χ4n) is 3.04. The number of aryl methyl sites for hydroxylation is 1. The summed E-state index contributed by atoms with van der Waals surface area (Å²) < 4.78 is 5.36. The predicted octanol–water partition coefficient (Wildman–Crippen LogP) is 4.32. The van der Waals surface area contributed by atoms with Crippen molar-refractivity contribution in [1.82, 2.24) is 0 Å². The number of para-hydroxylation sites is 1. The van der Waals surface area contributed by atoms with E-state index in [1.54, 1.807) is 48.7 Å². The molecule has 0 saturated heterocycles. The molecule has 1 aromatic heterocycles. The van der Waals surface area contributed by atoms with E-state index in [4.69, 9.17) is 4.42 Å². The lowest BCUT2D eigenvalue weighted by Crippen LogP contribution is -2.42. The van der Waals surface area contributed by atoms with Crippen molar-refractivity contribution in [3.63, 3.8) is 0 Å². The first-order valence-corrected chi connectivity index (χ1v) is 7.96. The molecule has 0 fully saturated rings. The maximum Gasteiger partial charge on any atom is 0.266 e. The van der Waals surface area contributed by atoms with Gasteiger partial charge in [0.15, 0.2) is 0 Å². The number of rotatable bonds is 2. The molecule has 4 rings (SSSR count). The minimum Gasteiger partial charge on any atom is -0.465 e. The molecule has 4 nitrogen and oxygen atoms in total. The van der Waals surface area contributed by atoms with Crippen molar-refractivity contribution in [1.29, 1.82) is 0 Å². The average molecular weight is 329 g/mol. The van der Waals surface area contributed by atoms with E-state index in [-0.39, 0.29) is 11.8 Å². The van der Waals surface area contributed by atoms with E-state index >= 15 is 0 Å². The first-order valence-electron chi connectivity index (χ1n) is 7.96. The van der Waals surface area contributed by atoms with Crippen LogP contribution in [0.15, 0.2) is 71.3 Å². The normalized spacial score (nSPS) is 15.6. The number of fused-ring (bicyclic) bond motifs is 1. The molecule has 4 heteroatoms. The van der Waals surface area contributed by atoms with Crippen molar-refractivity contribution in [3.05, 3.63) is 89.4 Å². The summed E-state index contributed by atoms with van der Waals surface area (Å²) in [5.74, 6) is -0.0990. The largest absolute Gasteiger partial charge is 0.465 e. The SMILES string of the molecule is Cc1ccccc1N1C(=O)C(=Cc2ccco2)c2ccccc2C1=O. The Labute approximate surface area is 145 Å². The Morgan fingerprint density at radius 3 is 2.28 bits per heavy atom. The van der Waals surface area contributed by atoms with Gasteiger partial charge >= 0.3 is 0 Å². The molecule has 0 unspecified atom stereocenters.